The Hall–Kier alpha value is -1.56. The summed E-state index contributed by atoms with van der Waals surface area (Å²) in [7, 11) is 1.61. The van der Waals surface area contributed by atoms with E-state index in [1.807, 2.05) is 0 Å². The number of hydrogen-bond acceptors (Lipinski definition) is 6. The maximum atomic E-state index is 9.19. The number of nitrogens with zero attached hydrogens (tertiary/aromatic N) is 2. The average Bonchev–Trinajstić information content (AvgIpc) is 2.45. The Kier molecular flexibility index (Phi) is 6.51. The summed E-state index contributed by atoms with van der Waals surface area (Å²) in [4.78, 5) is 8.48. The first-order chi connectivity index (χ1) is 9.60. The highest BCUT2D eigenvalue weighted by Crippen LogP contribution is 2.32. The predicted octanol–water partition coefficient (Wildman–Crippen LogP) is 2.27. The van der Waals surface area contributed by atoms with E-state index in [1.165, 1.54) is 6.33 Å². The highest BCUT2D eigenvalue weighted by molar-refractivity contribution is 5.64. The van der Waals surface area contributed by atoms with Crippen molar-refractivity contribution >= 4 is 11.6 Å². The van der Waals surface area contributed by atoms with Crippen LogP contribution in [0.25, 0.3) is 0 Å². The van der Waals surface area contributed by atoms with Crippen LogP contribution < -0.4 is 15.4 Å². The molecule has 0 aromatic carbocycles. The van der Waals surface area contributed by atoms with E-state index in [-0.39, 0.29) is 12.1 Å². The van der Waals surface area contributed by atoms with Crippen LogP contribution in [0.15, 0.2) is 6.33 Å². The molecule has 1 unspecified atom stereocenters. The SMILES string of the molecule is CCCNc1ncnc(NC(C)(CC)CCO)c1OC. The molecule has 114 valence electrons. The number of aromatic nitrogens is 2. The lowest BCUT2D eigenvalue weighted by molar-refractivity contribution is 0.251. The van der Waals surface area contributed by atoms with Gasteiger partial charge in [-0.15, -0.1) is 0 Å². The predicted molar refractivity (Wildman–Crippen MR) is 81.4 cm³/mol. The van der Waals surface area contributed by atoms with E-state index in [1.54, 1.807) is 7.11 Å². The molecule has 0 saturated heterocycles. The third kappa shape index (κ3) is 4.23. The number of hydrogen-bond donors (Lipinski definition) is 3. The molecule has 20 heavy (non-hydrogen) atoms. The highest BCUT2D eigenvalue weighted by atomic mass is 16.5. The number of ether oxygens (including phenoxy) is 1. The Labute approximate surface area is 121 Å². The van der Waals surface area contributed by atoms with Crippen LogP contribution in [-0.4, -0.2) is 40.9 Å². The van der Waals surface area contributed by atoms with Gasteiger partial charge < -0.3 is 20.5 Å². The molecule has 1 rings (SSSR count). The molecule has 1 atom stereocenters. The fraction of sp³-hybridized carbons (Fsp3) is 0.714. The molecule has 0 radical (unpaired) electrons. The number of anilines is 2. The van der Waals surface area contributed by atoms with Crippen LogP contribution in [0.5, 0.6) is 5.75 Å². The van der Waals surface area contributed by atoms with Crippen LogP contribution >= 0.6 is 0 Å². The minimum Gasteiger partial charge on any atom is -0.490 e. The third-order valence-corrected chi connectivity index (χ3v) is 3.41. The summed E-state index contributed by atoms with van der Waals surface area (Å²) < 4.78 is 5.43. The molecule has 6 nitrogen and oxygen atoms in total. The van der Waals surface area contributed by atoms with Crippen molar-refractivity contribution < 1.29 is 9.84 Å². The van der Waals surface area contributed by atoms with Gasteiger partial charge in [-0.2, -0.15) is 0 Å². The second kappa shape index (κ2) is 7.89. The molecular formula is C14H26N4O2. The van der Waals surface area contributed by atoms with Crippen molar-refractivity contribution in [1.29, 1.82) is 0 Å². The van der Waals surface area contributed by atoms with Crippen molar-refractivity contribution in [3.05, 3.63) is 6.33 Å². The molecule has 0 spiro atoms. The van der Waals surface area contributed by atoms with Crippen LogP contribution in [0.3, 0.4) is 0 Å². The first kappa shape index (κ1) is 16.5. The van der Waals surface area contributed by atoms with Crippen LogP contribution in [-0.2, 0) is 0 Å². The van der Waals surface area contributed by atoms with Gasteiger partial charge in [-0.1, -0.05) is 13.8 Å². The van der Waals surface area contributed by atoms with Gasteiger partial charge in [0.1, 0.15) is 6.33 Å². The fourth-order valence-corrected chi connectivity index (χ4v) is 1.89. The molecule has 0 bridgehead atoms. The maximum absolute atomic E-state index is 9.19. The number of aliphatic hydroxyl groups is 1. The first-order valence-electron chi connectivity index (χ1n) is 7.12. The Bertz CT molecular complexity index is 414. The zero-order valence-corrected chi connectivity index (χ0v) is 12.9. The zero-order valence-electron chi connectivity index (χ0n) is 12.9. The fourth-order valence-electron chi connectivity index (χ4n) is 1.89. The smallest absolute Gasteiger partial charge is 0.204 e. The Morgan fingerprint density at radius 2 is 2.00 bits per heavy atom. The van der Waals surface area contributed by atoms with Crippen molar-refractivity contribution in [3.63, 3.8) is 0 Å². The van der Waals surface area contributed by atoms with Gasteiger partial charge in [0.05, 0.1) is 7.11 Å². The minimum atomic E-state index is -0.224. The van der Waals surface area contributed by atoms with Crippen LogP contribution in [0, 0.1) is 0 Å². The number of rotatable bonds is 9. The Morgan fingerprint density at radius 3 is 2.55 bits per heavy atom. The second-order valence-corrected chi connectivity index (χ2v) is 5.04. The second-order valence-electron chi connectivity index (χ2n) is 5.04. The van der Waals surface area contributed by atoms with E-state index < -0.39 is 0 Å². The van der Waals surface area contributed by atoms with E-state index in [4.69, 9.17) is 4.74 Å². The summed E-state index contributed by atoms with van der Waals surface area (Å²) in [6, 6.07) is 0. The highest BCUT2D eigenvalue weighted by Gasteiger charge is 2.24. The summed E-state index contributed by atoms with van der Waals surface area (Å²) in [5.74, 6) is 1.95. The monoisotopic (exact) mass is 282 g/mol. The van der Waals surface area contributed by atoms with Gasteiger partial charge in [0.25, 0.3) is 0 Å². The van der Waals surface area contributed by atoms with Gasteiger partial charge in [0.2, 0.25) is 5.75 Å². The minimum absolute atomic E-state index is 0.131. The summed E-state index contributed by atoms with van der Waals surface area (Å²) in [6.07, 6.45) is 4.04. The van der Waals surface area contributed by atoms with Crippen LogP contribution in [0.4, 0.5) is 11.6 Å². The molecule has 1 heterocycles. The molecule has 3 N–H and O–H groups in total. The van der Waals surface area contributed by atoms with Crippen molar-refractivity contribution in [2.24, 2.45) is 0 Å². The summed E-state index contributed by atoms with van der Waals surface area (Å²) in [5.41, 5.74) is -0.224. The number of methoxy groups -OCH3 is 1. The normalized spacial score (nSPS) is 13.7. The van der Waals surface area contributed by atoms with E-state index in [9.17, 15) is 5.11 Å². The van der Waals surface area contributed by atoms with Gasteiger partial charge in [0, 0.05) is 18.7 Å². The zero-order chi connectivity index (χ0) is 15.0. The van der Waals surface area contributed by atoms with Crippen LogP contribution in [0.1, 0.15) is 40.0 Å². The van der Waals surface area contributed by atoms with Gasteiger partial charge in [-0.05, 0) is 26.2 Å². The van der Waals surface area contributed by atoms with Gasteiger partial charge in [-0.3, -0.25) is 0 Å². The maximum Gasteiger partial charge on any atom is 0.204 e. The van der Waals surface area contributed by atoms with E-state index in [0.717, 1.165) is 19.4 Å². The Balaban J connectivity index is 2.99. The topological polar surface area (TPSA) is 79.3 Å². The molecule has 1 aromatic rings. The molecule has 0 aliphatic carbocycles. The lowest BCUT2D eigenvalue weighted by Gasteiger charge is -2.30. The summed E-state index contributed by atoms with van der Waals surface area (Å²) >= 11 is 0. The van der Waals surface area contributed by atoms with Crippen LogP contribution in [0.2, 0.25) is 0 Å². The lowest BCUT2D eigenvalue weighted by atomic mass is 9.95. The standard InChI is InChI=1S/C14H26N4O2/c1-5-8-15-12-11(20-4)13(17-10-16-12)18-14(3,6-2)7-9-19/h10,19H,5-9H2,1-4H3,(H2,15,16,17,18). The molecule has 0 amide bonds. The molecule has 0 saturated carbocycles. The largest absolute Gasteiger partial charge is 0.490 e. The third-order valence-electron chi connectivity index (χ3n) is 3.41. The van der Waals surface area contributed by atoms with Gasteiger partial charge >= 0.3 is 0 Å². The molecule has 0 fully saturated rings. The molecule has 0 aliphatic rings. The summed E-state index contributed by atoms with van der Waals surface area (Å²) in [6.45, 7) is 7.19. The van der Waals surface area contributed by atoms with Crippen molar-refractivity contribution in [3.8, 4) is 5.75 Å². The van der Waals surface area contributed by atoms with Crippen molar-refractivity contribution in [1.82, 2.24) is 9.97 Å². The van der Waals surface area contributed by atoms with E-state index >= 15 is 0 Å². The summed E-state index contributed by atoms with van der Waals surface area (Å²) in [5, 5.41) is 15.8. The van der Waals surface area contributed by atoms with Crippen molar-refractivity contribution in [2.45, 2.75) is 45.6 Å². The number of nitrogens with one attached hydrogen (secondary N) is 2. The first-order valence-corrected chi connectivity index (χ1v) is 7.12. The number of aliphatic hydroxyl groups excluding tert-OH is 1. The van der Waals surface area contributed by atoms with E-state index in [2.05, 4.69) is 41.4 Å². The quantitative estimate of drug-likeness (QED) is 0.645. The van der Waals surface area contributed by atoms with E-state index in [0.29, 0.717) is 23.8 Å². The van der Waals surface area contributed by atoms with Crippen molar-refractivity contribution in [2.75, 3.05) is 30.9 Å². The van der Waals surface area contributed by atoms with Gasteiger partial charge in [0.15, 0.2) is 11.6 Å². The van der Waals surface area contributed by atoms with Gasteiger partial charge in [-0.25, -0.2) is 9.97 Å². The molecule has 6 heteroatoms. The lowest BCUT2D eigenvalue weighted by Crippen LogP contribution is -2.35. The Morgan fingerprint density at radius 1 is 1.30 bits per heavy atom. The molecular weight excluding hydrogens is 256 g/mol. The molecule has 1 aromatic heterocycles. The average molecular weight is 282 g/mol. The molecule has 0 aliphatic heterocycles.